The first-order valence-electron chi connectivity index (χ1n) is 6.50. The van der Waals surface area contributed by atoms with Crippen LogP contribution in [0.5, 0.6) is 0 Å². The van der Waals surface area contributed by atoms with Crippen molar-refractivity contribution in [1.29, 1.82) is 0 Å². The Hall–Kier alpha value is -1.17. The summed E-state index contributed by atoms with van der Waals surface area (Å²) in [6, 6.07) is 4.65. The number of nitrogens with zero attached hydrogens (tertiary/aromatic N) is 3. The number of likely N-dealkylation sites (tertiary alicyclic amines) is 1. The molecule has 1 atom stereocenters. The molecule has 0 saturated carbocycles. The third kappa shape index (κ3) is 3.19. The van der Waals surface area contributed by atoms with Gasteiger partial charge in [0.25, 0.3) is 0 Å². The summed E-state index contributed by atoms with van der Waals surface area (Å²) in [6.07, 6.45) is 4.31. The Morgan fingerprint density at radius 3 is 3.17 bits per heavy atom. The number of pyridine rings is 1. The van der Waals surface area contributed by atoms with Crippen molar-refractivity contribution in [1.82, 2.24) is 14.8 Å². The molecule has 1 aromatic heterocycles. The van der Waals surface area contributed by atoms with Crippen LogP contribution in [0.3, 0.4) is 0 Å². The Bertz CT molecular complexity index is 381. The van der Waals surface area contributed by atoms with Gasteiger partial charge in [-0.1, -0.05) is 6.07 Å². The van der Waals surface area contributed by atoms with Crippen molar-refractivity contribution in [2.75, 3.05) is 32.6 Å². The van der Waals surface area contributed by atoms with Crippen LogP contribution in [0.25, 0.3) is 0 Å². The molecule has 0 spiro atoms. The summed E-state index contributed by atoms with van der Waals surface area (Å²) in [4.78, 5) is 9.03. The first kappa shape index (κ1) is 13.3. The van der Waals surface area contributed by atoms with Gasteiger partial charge >= 0.3 is 0 Å². The van der Waals surface area contributed by atoms with Crippen molar-refractivity contribution in [3.8, 4) is 0 Å². The number of hydrogen-bond donors (Lipinski definition) is 2. The Kier molecular flexibility index (Phi) is 4.52. The van der Waals surface area contributed by atoms with E-state index in [2.05, 4.69) is 40.4 Å². The maximum Gasteiger partial charge on any atom is 0.144 e. The minimum absolute atomic E-state index is 0.620. The molecule has 100 valence electrons. The van der Waals surface area contributed by atoms with Gasteiger partial charge in [0.1, 0.15) is 5.82 Å². The standard InChI is InChI=1S/C13H23N5/c1-17-8-4-6-12(10-17)18(2)9-11-5-3-7-15-13(11)16-14/h3,5,7,12H,4,6,8-10,14H2,1-2H3,(H,15,16). The average Bonchev–Trinajstić information content (AvgIpc) is 2.39. The molecule has 0 aromatic carbocycles. The van der Waals surface area contributed by atoms with Gasteiger partial charge in [-0.2, -0.15) is 0 Å². The molecule has 0 amide bonds. The van der Waals surface area contributed by atoms with E-state index in [9.17, 15) is 0 Å². The molecule has 2 heterocycles. The SMILES string of the molecule is CN1CCCC(N(C)Cc2cccnc2NN)C1. The molecule has 0 bridgehead atoms. The van der Waals surface area contributed by atoms with Gasteiger partial charge in [-0.3, -0.25) is 4.90 Å². The predicted octanol–water partition coefficient (Wildman–Crippen LogP) is 0.893. The van der Waals surface area contributed by atoms with E-state index in [1.807, 2.05) is 6.07 Å². The molecule has 1 aliphatic rings. The largest absolute Gasteiger partial charge is 0.308 e. The quantitative estimate of drug-likeness (QED) is 0.613. The van der Waals surface area contributed by atoms with Crippen LogP contribution in [0, 0.1) is 0 Å². The number of anilines is 1. The van der Waals surface area contributed by atoms with Crippen LogP contribution < -0.4 is 11.3 Å². The van der Waals surface area contributed by atoms with Gasteiger partial charge in [-0.05, 0) is 39.5 Å². The van der Waals surface area contributed by atoms with Gasteiger partial charge in [-0.25, -0.2) is 10.8 Å². The highest BCUT2D eigenvalue weighted by atomic mass is 15.3. The van der Waals surface area contributed by atoms with Crippen LogP contribution in [0.15, 0.2) is 18.3 Å². The van der Waals surface area contributed by atoms with E-state index in [4.69, 9.17) is 5.84 Å². The summed E-state index contributed by atoms with van der Waals surface area (Å²) < 4.78 is 0. The summed E-state index contributed by atoms with van der Waals surface area (Å²) in [7, 11) is 4.37. The zero-order valence-corrected chi connectivity index (χ0v) is 11.3. The lowest BCUT2D eigenvalue weighted by atomic mass is 10.0. The molecule has 5 heteroatoms. The summed E-state index contributed by atoms with van der Waals surface area (Å²) in [5.74, 6) is 6.26. The Morgan fingerprint density at radius 1 is 1.61 bits per heavy atom. The molecule has 3 N–H and O–H groups in total. The van der Waals surface area contributed by atoms with Crippen LogP contribution in [0.4, 0.5) is 5.82 Å². The van der Waals surface area contributed by atoms with Crippen molar-refractivity contribution in [3.63, 3.8) is 0 Å². The smallest absolute Gasteiger partial charge is 0.144 e. The van der Waals surface area contributed by atoms with Crippen molar-refractivity contribution in [3.05, 3.63) is 23.9 Å². The topological polar surface area (TPSA) is 57.4 Å². The molecule has 1 unspecified atom stereocenters. The van der Waals surface area contributed by atoms with E-state index in [0.717, 1.165) is 24.5 Å². The number of nitrogen functional groups attached to an aromatic ring is 1. The van der Waals surface area contributed by atoms with Crippen molar-refractivity contribution < 1.29 is 0 Å². The highest BCUT2D eigenvalue weighted by molar-refractivity contribution is 5.42. The van der Waals surface area contributed by atoms with E-state index in [1.165, 1.54) is 19.4 Å². The average molecular weight is 249 g/mol. The van der Waals surface area contributed by atoms with Gasteiger partial charge in [0.2, 0.25) is 0 Å². The fraction of sp³-hybridized carbons (Fsp3) is 0.615. The lowest BCUT2D eigenvalue weighted by molar-refractivity contribution is 0.129. The fourth-order valence-electron chi connectivity index (χ4n) is 2.59. The van der Waals surface area contributed by atoms with Crippen LogP contribution in [0.2, 0.25) is 0 Å². The first-order chi connectivity index (χ1) is 8.70. The van der Waals surface area contributed by atoms with Gasteiger partial charge in [0.05, 0.1) is 0 Å². The number of piperidine rings is 1. The summed E-state index contributed by atoms with van der Waals surface area (Å²) >= 11 is 0. The minimum atomic E-state index is 0.620. The molecule has 5 nitrogen and oxygen atoms in total. The summed E-state index contributed by atoms with van der Waals surface area (Å²) in [6.45, 7) is 3.24. The second kappa shape index (κ2) is 6.13. The van der Waals surface area contributed by atoms with E-state index < -0.39 is 0 Å². The maximum absolute atomic E-state index is 5.49. The van der Waals surface area contributed by atoms with Gasteiger partial charge in [0, 0.05) is 30.9 Å². The number of aromatic nitrogens is 1. The molecule has 1 aliphatic heterocycles. The Morgan fingerprint density at radius 2 is 2.44 bits per heavy atom. The Balaban J connectivity index is 1.99. The zero-order chi connectivity index (χ0) is 13.0. The minimum Gasteiger partial charge on any atom is -0.308 e. The second-order valence-corrected chi connectivity index (χ2v) is 5.13. The number of likely N-dealkylation sites (N-methyl/N-ethyl adjacent to an activating group) is 2. The van der Waals surface area contributed by atoms with Crippen LogP contribution >= 0.6 is 0 Å². The molecule has 1 saturated heterocycles. The lowest BCUT2D eigenvalue weighted by Gasteiger charge is -2.36. The normalized spacial score (nSPS) is 21.2. The van der Waals surface area contributed by atoms with Gasteiger partial charge < -0.3 is 10.3 Å². The third-order valence-corrected chi connectivity index (χ3v) is 3.67. The molecule has 0 radical (unpaired) electrons. The van der Waals surface area contributed by atoms with Crippen molar-refractivity contribution >= 4 is 5.82 Å². The lowest BCUT2D eigenvalue weighted by Crippen LogP contribution is -2.44. The molecular weight excluding hydrogens is 226 g/mol. The number of rotatable bonds is 4. The number of nitrogens with one attached hydrogen (secondary N) is 1. The predicted molar refractivity (Wildman–Crippen MR) is 74.0 cm³/mol. The van der Waals surface area contributed by atoms with Crippen LogP contribution in [-0.2, 0) is 6.54 Å². The van der Waals surface area contributed by atoms with Crippen LogP contribution in [0.1, 0.15) is 18.4 Å². The molecule has 2 rings (SSSR count). The van der Waals surface area contributed by atoms with Gasteiger partial charge in [-0.15, -0.1) is 0 Å². The van der Waals surface area contributed by atoms with Crippen molar-refractivity contribution in [2.24, 2.45) is 5.84 Å². The first-order valence-corrected chi connectivity index (χ1v) is 6.50. The highest BCUT2D eigenvalue weighted by Crippen LogP contribution is 2.18. The number of hydrazine groups is 1. The van der Waals surface area contributed by atoms with E-state index in [-0.39, 0.29) is 0 Å². The van der Waals surface area contributed by atoms with Gasteiger partial charge in [0.15, 0.2) is 0 Å². The molecule has 0 aliphatic carbocycles. The Labute approximate surface area is 109 Å². The molecule has 1 aromatic rings. The molecule has 18 heavy (non-hydrogen) atoms. The molecule has 1 fully saturated rings. The fourth-order valence-corrected chi connectivity index (χ4v) is 2.59. The number of nitrogens with two attached hydrogens (primary N) is 1. The summed E-state index contributed by atoms with van der Waals surface area (Å²) in [5, 5.41) is 0. The van der Waals surface area contributed by atoms with E-state index in [0.29, 0.717) is 6.04 Å². The summed E-state index contributed by atoms with van der Waals surface area (Å²) in [5.41, 5.74) is 3.81. The zero-order valence-electron chi connectivity index (χ0n) is 11.3. The maximum atomic E-state index is 5.49. The van der Waals surface area contributed by atoms with E-state index >= 15 is 0 Å². The second-order valence-electron chi connectivity index (χ2n) is 5.13. The van der Waals surface area contributed by atoms with E-state index in [1.54, 1.807) is 6.20 Å². The molecular formula is C13H23N5. The van der Waals surface area contributed by atoms with Crippen LogP contribution in [-0.4, -0.2) is 48.0 Å². The third-order valence-electron chi connectivity index (χ3n) is 3.67. The highest BCUT2D eigenvalue weighted by Gasteiger charge is 2.21. The number of hydrogen-bond acceptors (Lipinski definition) is 5. The monoisotopic (exact) mass is 249 g/mol. The van der Waals surface area contributed by atoms with Crippen molar-refractivity contribution in [2.45, 2.75) is 25.4 Å².